The van der Waals surface area contributed by atoms with Crippen molar-refractivity contribution in [2.75, 3.05) is 39.8 Å². The molecular formula is C22H31N3O3. The molecule has 28 heavy (non-hydrogen) atoms. The van der Waals surface area contributed by atoms with Crippen molar-refractivity contribution in [2.45, 2.75) is 33.1 Å². The third-order valence-corrected chi connectivity index (χ3v) is 5.54. The first-order chi connectivity index (χ1) is 13.6. The van der Waals surface area contributed by atoms with Crippen LogP contribution in [0.3, 0.4) is 0 Å². The number of aromatic nitrogens is 1. The van der Waals surface area contributed by atoms with Gasteiger partial charge in [-0.2, -0.15) is 0 Å². The Morgan fingerprint density at radius 1 is 1.43 bits per heavy atom. The molecule has 0 spiro atoms. The summed E-state index contributed by atoms with van der Waals surface area (Å²) in [6.45, 7) is 8.47. The van der Waals surface area contributed by atoms with Crippen molar-refractivity contribution >= 4 is 5.91 Å². The number of ether oxygens (including phenoxy) is 1. The zero-order chi connectivity index (χ0) is 19.9. The predicted molar refractivity (Wildman–Crippen MR) is 109 cm³/mol. The van der Waals surface area contributed by atoms with Gasteiger partial charge in [-0.25, -0.2) is 4.98 Å². The summed E-state index contributed by atoms with van der Waals surface area (Å²) >= 11 is 0. The number of hydrogen-bond donors (Lipinski definition) is 0. The molecule has 1 amide bonds. The van der Waals surface area contributed by atoms with E-state index in [2.05, 4.69) is 22.0 Å². The van der Waals surface area contributed by atoms with Crippen molar-refractivity contribution in [1.29, 1.82) is 0 Å². The summed E-state index contributed by atoms with van der Waals surface area (Å²) in [5.41, 5.74) is 1.96. The number of methoxy groups -OCH3 is 1. The maximum Gasteiger partial charge on any atom is 0.291 e. The van der Waals surface area contributed by atoms with Crippen LogP contribution in [0.4, 0.5) is 0 Å². The lowest BCUT2D eigenvalue weighted by atomic mass is 9.96. The molecule has 0 saturated carbocycles. The van der Waals surface area contributed by atoms with Crippen LogP contribution in [0.15, 0.2) is 35.1 Å². The standard InChI is InChI=1S/C22H31N3O3/c1-4-25(22(26)21-17(2)23-16-28-21)15-19-8-6-11-24(14-19)12-10-18-7-5-9-20(13-18)27-3/h5,7,9,13,16,19H,4,6,8,10-12,14-15H2,1-3H3/t19-/m0/s1. The zero-order valence-corrected chi connectivity index (χ0v) is 17.2. The Kier molecular flexibility index (Phi) is 7.09. The largest absolute Gasteiger partial charge is 0.497 e. The van der Waals surface area contributed by atoms with Crippen LogP contribution >= 0.6 is 0 Å². The number of likely N-dealkylation sites (tertiary alicyclic amines) is 1. The summed E-state index contributed by atoms with van der Waals surface area (Å²) < 4.78 is 10.6. The van der Waals surface area contributed by atoms with Crippen LogP contribution in [0, 0.1) is 12.8 Å². The Bertz CT molecular complexity index is 774. The Labute approximate surface area is 167 Å². The molecule has 0 N–H and O–H groups in total. The monoisotopic (exact) mass is 385 g/mol. The molecule has 6 nitrogen and oxygen atoms in total. The molecule has 152 valence electrons. The third-order valence-electron chi connectivity index (χ3n) is 5.54. The lowest BCUT2D eigenvalue weighted by Gasteiger charge is -2.35. The normalized spacial score (nSPS) is 17.5. The number of piperidine rings is 1. The van der Waals surface area contributed by atoms with E-state index in [9.17, 15) is 4.79 Å². The van der Waals surface area contributed by atoms with E-state index in [-0.39, 0.29) is 5.91 Å². The summed E-state index contributed by atoms with van der Waals surface area (Å²) in [7, 11) is 1.70. The van der Waals surface area contributed by atoms with Crippen LogP contribution in [-0.4, -0.2) is 60.5 Å². The highest BCUT2D eigenvalue weighted by atomic mass is 16.5. The third kappa shape index (κ3) is 5.13. The number of amides is 1. The summed E-state index contributed by atoms with van der Waals surface area (Å²) in [4.78, 5) is 21.2. The topological polar surface area (TPSA) is 58.8 Å². The van der Waals surface area contributed by atoms with E-state index in [1.807, 2.05) is 30.9 Å². The Morgan fingerprint density at radius 3 is 3.00 bits per heavy atom. The van der Waals surface area contributed by atoms with E-state index in [4.69, 9.17) is 9.15 Å². The Morgan fingerprint density at radius 2 is 2.29 bits per heavy atom. The summed E-state index contributed by atoms with van der Waals surface area (Å²) in [6, 6.07) is 8.29. The van der Waals surface area contributed by atoms with Gasteiger partial charge in [0.2, 0.25) is 5.76 Å². The molecule has 1 atom stereocenters. The molecule has 1 aliphatic heterocycles. The van der Waals surface area contributed by atoms with E-state index in [1.165, 1.54) is 18.4 Å². The Hall–Kier alpha value is -2.34. The van der Waals surface area contributed by atoms with E-state index >= 15 is 0 Å². The first-order valence-electron chi connectivity index (χ1n) is 10.1. The fraction of sp³-hybridized carbons (Fsp3) is 0.545. The molecular weight excluding hydrogens is 354 g/mol. The summed E-state index contributed by atoms with van der Waals surface area (Å²) in [5.74, 6) is 1.72. The molecule has 1 aromatic heterocycles. The van der Waals surface area contributed by atoms with Gasteiger partial charge in [-0.3, -0.25) is 4.79 Å². The Balaban J connectivity index is 1.53. The highest BCUT2D eigenvalue weighted by Gasteiger charge is 2.26. The average molecular weight is 386 g/mol. The fourth-order valence-electron chi connectivity index (χ4n) is 3.94. The number of carbonyl (C=O) groups is 1. The van der Waals surface area contributed by atoms with E-state index in [0.717, 1.165) is 44.8 Å². The highest BCUT2D eigenvalue weighted by Crippen LogP contribution is 2.20. The van der Waals surface area contributed by atoms with Crippen molar-refractivity contribution < 1.29 is 13.9 Å². The van der Waals surface area contributed by atoms with Gasteiger partial charge in [0.15, 0.2) is 6.39 Å². The van der Waals surface area contributed by atoms with E-state index in [1.54, 1.807) is 7.11 Å². The van der Waals surface area contributed by atoms with Crippen LogP contribution in [-0.2, 0) is 6.42 Å². The van der Waals surface area contributed by atoms with Gasteiger partial charge < -0.3 is 19.0 Å². The van der Waals surface area contributed by atoms with Gasteiger partial charge >= 0.3 is 0 Å². The number of nitrogens with zero attached hydrogens (tertiary/aromatic N) is 3. The molecule has 2 aromatic rings. The summed E-state index contributed by atoms with van der Waals surface area (Å²) in [6.07, 6.45) is 4.69. The van der Waals surface area contributed by atoms with Gasteiger partial charge in [-0.1, -0.05) is 12.1 Å². The maximum absolute atomic E-state index is 12.8. The smallest absolute Gasteiger partial charge is 0.291 e. The SMILES string of the molecule is CCN(C[C@H]1CCCN(CCc2cccc(OC)c2)C1)C(=O)c1ocnc1C. The number of oxazole rings is 1. The van der Waals surface area contributed by atoms with Crippen molar-refractivity contribution in [3.05, 3.63) is 47.7 Å². The maximum atomic E-state index is 12.8. The molecule has 1 aromatic carbocycles. The highest BCUT2D eigenvalue weighted by molar-refractivity contribution is 5.92. The number of aryl methyl sites for hydroxylation is 1. The van der Waals surface area contributed by atoms with Crippen molar-refractivity contribution in [3.8, 4) is 5.75 Å². The lowest BCUT2D eigenvalue weighted by molar-refractivity contribution is 0.0659. The van der Waals surface area contributed by atoms with Gasteiger partial charge in [-0.05, 0) is 63.3 Å². The van der Waals surface area contributed by atoms with Gasteiger partial charge in [0.1, 0.15) is 5.75 Å². The number of carbonyl (C=O) groups excluding carboxylic acids is 1. The van der Waals surface area contributed by atoms with Gasteiger partial charge in [0, 0.05) is 26.2 Å². The van der Waals surface area contributed by atoms with Crippen LogP contribution in [0.5, 0.6) is 5.75 Å². The lowest BCUT2D eigenvalue weighted by Crippen LogP contribution is -2.43. The number of benzene rings is 1. The molecule has 2 heterocycles. The molecule has 0 bridgehead atoms. The van der Waals surface area contributed by atoms with Crippen LogP contribution in [0.25, 0.3) is 0 Å². The minimum absolute atomic E-state index is 0.0500. The first-order valence-corrected chi connectivity index (χ1v) is 10.1. The quantitative estimate of drug-likeness (QED) is 0.697. The van der Waals surface area contributed by atoms with Gasteiger partial charge in [0.05, 0.1) is 12.8 Å². The van der Waals surface area contributed by atoms with Gasteiger partial charge in [-0.15, -0.1) is 0 Å². The molecule has 3 rings (SSSR count). The molecule has 1 aliphatic rings. The van der Waals surface area contributed by atoms with Crippen LogP contribution < -0.4 is 4.74 Å². The second-order valence-electron chi connectivity index (χ2n) is 7.52. The van der Waals surface area contributed by atoms with Crippen molar-refractivity contribution in [3.63, 3.8) is 0 Å². The van der Waals surface area contributed by atoms with Crippen molar-refractivity contribution in [1.82, 2.24) is 14.8 Å². The van der Waals surface area contributed by atoms with E-state index < -0.39 is 0 Å². The van der Waals surface area contributed by atoms with Crippen LogP contribution in [0.1, 0.15) is 41.6 Å². The minimum atomic E-state index is -0.0500. The second-order valence-corrected chi connectivity index (χ2v) is 7.52. The first kappa shape index (κ1) is 20.4. The number of rotatable bonds is 8. The molecule has 1 saturated heterocycles. The van der Waals surface area contributed by atoms with Crippen molar-refractivity contribution in [2.24, 2.45) is 5.92 Å². The summed E-state index contributed by atoms with van der Waals surface area (Å²) in [5, 5.41) is 0. The van der Waals surface area contributed by atoms with E-state index in [0.29, 0.717) is 23.9 Å². The zero-order valence-electron chi connectivity index (χ0n) is 17.2. The molecule has 0 radical (unpaired) electrons. The molecule has 1 fully saturated rings. The number of hydrogen-bond acceptors (Lipinski definition) is 5. The molecule has 0 aliphatic carbocycles. The minimum Gasteiger partial charge on any atom is -0.497 e. The second kappa shape index (κ2) is 9.73. The molecule has 0 unspecified atom stereocenters. The van der Waals surface area contributed by atoms with Gasteiger partial charge in [0.25, 0.3) is 5.91 Å². The average Bonchev–Trinajstić information content (AvgIpc) is 3.16. The van der Waals surface area contributed by atoms with Crippen LogP contribution in [0.2, 0.25) is 0 Å². The predicted octanol–water partition coefficient (Wildman–Crippen LogP) is 3.41. The fourth-order valence-corrected chi connectivity index (χ4v) is 3.94. The molecule has 6 heteroatoms.